The Morgan fingerprint density at radius 2 is 1.64 bits per heavy atom. The molecule has 1 aliphatic rings. The first-order chi connectivity index (χ1) is 17.5. The van der Waals surface area contributed by atoms with Gasteiger partial charge in [0.25, 0.3) is 11.8 Å². The number of hydrogen-bond acceptors (Lipinski definition) is 5. The number of carbonyl (C=O) groups is 2. The number of nitrogens with one attached hydrogen (secondary N) is 1. The van der Waals surface area contributed by atoms with Gasteiger partial charge >= 0.3 is 0 Å². The molecule has 3 aromatic carbocycles. The highest BCUT2D eigenvalue weighted by atomic mass is 16.5. The van der Waals surface area contributed by atoms with E-state index in [1.165, 1.54) is 24.0 Å². The topological polar surface area (TPSA) is 97.0 Å². The molecule has 0 saturated carbocycles. The number of benzene rings is 3. The number of ether oxygens (including phenoxy) is 1. The van der Waals surface area contributed by atoms with Crippen LogP contribution in [0.25, 0.3) is 0 Å². The molecule has 186 valence electrons. The molecule has 4 rings (SSSR count). The number of carbonyl (C=O) groups excluding carboxylic acids is 2. The molecule has 3 N–H and O–H groups in total. The van der Waals surface area contributed by atoms with Crippen molar-refractivity contribution in [1.29, 1.82) is 0 Å². The molecular weight excluding hydrogens is 452 g/mol. The first-order valence-electron chi connectivity index (χ1n) is 12.2. The van der Waals surface area contributed by atoms with Crippen molar-refractivity contribution in [2.45, 2.75) is 25.8 Å². The lowest BCUT2D eigenvalue weighted by Gasteiger charge is -2.32. The summed E-state index contributed by atoms with van der Waals surface area (Å²) in [5.41, 5.74) is 11.6. The van der Waals surface area contributed by atoms with E-state index in [9.17, 15) is 9.59 Å². The van der Waals surface area contributed by atoms with Crippen LogP contribution in [0.15, 0.2) is 84.0 Å². The Labute approximate surface area is 212 Å². The maximum absolute atomic E-state index is 12.4. The second kappa shape index (κ2) is 12.7. The van der Waals surface area contributed by atoms with Crippen LogP contribution in [0, 0.1) is 5.92 Å². The number of nitrogens with two attached hydrogens (primary N) is 1. The summed E-state index contributed by atoms with van der Waals surface area (Å²) in [5.74, 6) is 0.492. The number of primary amides is 1. The fourth-order valence-corrected chi connectivity index (χ4v) is 4.35. The molecule has 1 saturated heterocycles. The minimum absolute atomic E-state index is 0.171. The predicted molar refractivity (Wildman–Crippen MR) is 141 cm³/mol. The number of hydrazone groups is 1. The molecule has 1 heterocycles. The molecule has 7 heteroatoms. The van der Waals surface area contributed by atoms with Crippen molar-refractivity contribution in [3.8, 4) is 5.75 Å². The summed E-state index contributed by atoms with van der Waals surface area (Å²) in [5, 5.41) is 4.03. The molecule has 0 atom stereocenters. The standard InChI is InChI=1S/C29H32N4O3/c30-28(34)21-36-27-12-8-24(9-13-27)19-31-32-29(35)26-10-6-25(7-11-26)20-33-16-14-23(15-17-33)18-22-4-2-1-3-5-22/h1-13,19,23H,14-18,20-21H2,(H2,30,34)(H,32,35)/b31-19-. The van der Waals surface area contributed by atoms with Gasteiger partial charge in [-0.2, -0.15) is 5.10 Å². The molecule has 36 heavy (non-hydrogen) atoms. The third-order valence-electron chi connectivity index (χ3n) is 6.34. The third-order valence-corrected chi connectivity index (χ3v) is 6.34. The van der Waals surface area contributed by atoms with Crippen molar-refractivity contribution < 1.29 is 14.3 Å². The summed E-state index contributed by atoms with van der Waals surface area (Å²) in [6.45, 7) is 2.94. The van der Waals surface area contributed by atoms with Crippen LogP contribution in [0.3, 0.4) is 0 Å². The van der Waals surface area contributed by atoms with Gasteiger partial charge in [-0.3, -0.25) is 14.5 Å². The summed E-state index contributed by atoms with van der Waals surface area (Å²) < 4.78 is 5.22. The van der Waals surface area contributed by atoms with Crippen LogP contribution in [0.1, 0.15) is 39.9 Å². The zero-order chi connectivity index (χ0) is 25.2. The molecule has 0 radical (unpaired) electrons. The lowest BCUT2D eigenvalue weighted by molar-refractivity contribution is -0.119. The molecule has 0 unspecified atom stereocenters. The Bertz CT molecular complexity index is 1150. The number of piperidine rings is 1. The van der Waals surface area contributed by atoms with Crippen LogP contribution in [0.2, 0.25) is 0 Å². The Kier molecular flexibility index (Phi) is 8.83. The highest BCUT2D eigenvalue weighted by Gasteiger charge is 2.19. The first kappa shape index (κ1) is 25.1. The smallest absolute Gasteiger partial charge is 0.271 e. The van der Waals surface area contributed by atoms with Crippen LogP contribution in [0.5, 0.6) is 5.75 Å². The van der Waals surface area contributed by atoms with Crippen LogP contribution in [-0.2, 0) is 17.8 Å². The monoisotopic (exact) mass is 484 g/mol. The van der Waals surface area contributed by atoms with E-state index in [0.717, 1.165) is 37.5 Å². The first-order valence-corrected chi connectivity index (χ1v) is 12.2. The van der Waals surface area contributed by atoms with E-state index in [0.29, 0.717) is 11.3 Å². The van der Waals surface area contributed by atoms with E-state index in [1.54, 1.807) is 30.5 Å². The highest BCUT2D eigenvalue weighted by Crippen LogP contribution is 2.23. The van der Waals surface area contributed by atoms with E-state index >= 15 is 0 Å². The Balaban J connectivity index is 1.19. The molecule has 0 spiro atoms. The minimum atomic E-state index is -0.532. The van der Waals surface area contributed by atoms with Crippen LogP contribution in [0.4, 0.5) is 0 Å². The van der Waals surface area contributed by atoms with E-state index in [4.69, 9.17) is 10.5 Å². The average molecular weight is 485 g/mol. The number of likely N-dealkylation sites (tertiary alicyclic amines) is 1. The van der Waals surface area contributed by atoms with Crippen molar-refractivity contribution in [3.63, 3.8) is 0 Å². The van der Waals surface area contributed by atoms with Gasteiger partial charge in [0.15, 0.2) is 6.61 Å². The summed E-state index contributed by atoms with van der Waals surface area (Å²) >= 11 is 0. The fourth-order valence-electron chi connectivity index (χ4n) is 4.35. The quantitative estimate of drug-likeness (QED) is 0.338. The van der Waals surface area contributed by atoms with E-state index in [1.807, 2.05) is 24.3 Å². The molecule has 0 bridgehead atoms. The van der Waals surface area contributed by atoms with E-state index < -0.39 is 5.91 Å². The Morgan fingerprint density at radius 3 is 2.31 bits per heavy atom. The summed E-state index contributed by atoms with van der Waals surface area (Å²) in [4.78, 5) is 25.7. The van der Waals surface area contributed by atoms with Crippen molar-refractivity contribution >= 4 is 18.0 Å². The van der Waals surface area contributed by atoms with Crippen molar-refractivity contribution in [1.82, 2.24) is 10.3 Å². The molecule has 3 aromatic rings. The highest BCUT2D eigenvalue weighted by molar-refractivity contribution is 5.94. The van der Waals surface area contributed by atoms with Crippen molar-refractivity contribution in [3.05, 3.63) is 101 Å². The number of amides is 2. The van der Waals surface area contributed by atoms with E-state index in [2.05, 4.69) is 45.8 Å². The fraction of sp³-hybridized carbons (Fsp3) is 0.276. The predicted octanol–water partition coefficient (Wildman–Crippen LogP) is 3.77. The second-order valence-corrected chi connectivity index (χ2v) is 9.13. The molecule has 1 aliphatic heterocycles. The molecule has 0 aromatic heterocycles. The van der Waals surface area contributed by atoms with Gasteiger partial charge in [-0.05, 0) is 91.4 Å². The van der Waals surface area contributed by atoms with E-state index in [-0.39, 0.29) is 12.5 Å². The number of hydrogen-bond donors (Lipinski definition) is 2. The maximum atomic E-state index is 12.4. The Hall–Kier alpha value is -3.97. The SMILES string of the molecule is NC(=O)COc1ccc(/C=N\NC(=O)c2ccc(CN3CCC(Cc4ccccc4)CC3)cc2)cc1. The zero-order valence-corrected chi connectivity index (χ0v) is 20.3. The third kappa shape index (κ3) is 7.78. The summed E-state index contributed by atoms with van der Waals surface area (Å²) in [6.07, 6.45) is 5.15. The van der Waals surface area contributed by atoms with Gasteiger partial charge in [0.1, 0.15) is 5.75 Å². The van der Waals surface area contributed by atoms with Gasteiger partial charge in [-0.1, -0.05) is 42.5 Å². The summed E-state index contributed by atoms with van der Waals surface area (Å²) in [7, 11) is 0. The largest absolute Gasteiger partial charge is 0.484 e. The molecule has 0 aliphatic carbocycles. The average Bonchev–Trinajstić information content (AvgIpc) is 2.90. The van der Waals surface area contributed by atoms with Crippen LogP contribution in [-0.4, -0.2) is 42.6 Å². The lowest BCUT2D eigenvalue weighted by atomic mass is 9.90. The normalized spacial score (nSPS) is 14.6. The van der Waals surface area contributed by atoms with Crippen LogP contribution >= 0.6 is 0 Å². The van der Waals surface area contributed by atoms with Gasteiger partial charge in [0.05, 0.1) is 6.21 Å². The Morgan fingerprint density at radius 1 is 0.944 bits per heavy atom. The second-order valence-electron chi connectivity index (χ2n) is 9.13. The zero-order valence-electron chi connectivity index (χ0n) is 20.3. The lowest BCUT2D eigenvalue weighted by Crippen LogP contribution is -2.33. The van der Waals surface area contributed by atoms with Gasteiger partial charge in [0.2, 0.25) is 0 Å². The van der Waals surface area contributed by atoms with Gasteiger partial charge in [-0.25, -0.2) is 5.43 Å². The van der Waals surface area contributed by atoms with Crippen molar-refractivity contribution in [2.75, 3.05) is 19.7 Å². The van der Waals surface area contributed by atoms with Gasteiger partial charge < -0.3 is 10.5 Å². The maximum Gasteiger partial charge on any atom is 0.271 e. The molecule has 2 amide bonds. The van der Waals surface area contributed by atoms with Gasteiger partial charge in [0, 0.05) is 12.1 Å². The number of nitrogens with zero attached hydrogens (tertiary/aromatic N) is 2. The number of rotatable bonds is 10. The minimum Gasteiger partial charge on any atom is -0.484 e. The molecule has 1 fully saturated rings. The van der Waals surface area contributed by atoms with Crippen molar-refractivity contribution in [2.24, 2.45) is 16.8 Å². The molecular formula is C29H32N4O3. The van der Waals surface area contributed by atoms with Crippen LogP contribution < -0.4 is 15.9 Å². The molecule has 7 nitrogen and oxygen atoms in total. The van der Waals surface area contributed by atoms with Gasteiger partial charge in [-0.15, -0.1) is 0 Å². The summed E-state index contributed by atoms with van der Waals surface area (Å²) in [6, 6.07) is 25.4.